The second kappa shape index (κ2) is 9.89. The number of nitrogens with zero attached hydrogens (tertiary/aromatic N) is 2. The summed E-state index contributed by atoms with van der Waals surface area (Å²) in [6.07, 6.45) is 0. The molecule has 0 spiro atoms. The molecule has 1 unspecified atom stereocenters. The Labute approximate surface area is 152 Å². The van der Waals surface area contributed by atoms with E-state index in [1.54, 1.807) is 26.0 Å². The fourth-order valence-corrected chi connectivity index (χ4v) is 4.33. The molecular weight excluding hydrogens is 338 g/mol. The smallest absolute Gasteiger partial charge is 0.251 e. The average Bonchev–Trinajstić information content (AvgIpc) is 2.61. The molecule has 0 aromatic heterocycles. The molecule has 7 heteroatoms. The Morgan fingerprint density at radius 2 is 1.68 bits per heavy atom. The third-order valence-corrected chi connectivity index (χ3v) is 6.48. The van der Waals surface area contributed by atoms with Crippen LogP contribution in [0.3, 0.4) is 0 Å². The van der Waals surface area contributed by atoms with Gasteiger partial charge in [0.15, 0.2) is 0 Å². The summed E-state index contributed by atoms with van der Waals surface area (Å²) in [4.78, 5) is 14.8. The normalized spacial score (nSPS) is 13.2. The minimum absolute atomic E-state index is 0.153. The number of hydrogen-bond acceptors (Lipinski definition) is 4. The van der Waals surface area contributed by atoms with Crippen LogP contribution in [0.5, 0.6) is 0 Å². The van der Waals surface area contributed by atoms with Gasteiger partial charge in [0.2, 0.25) is 10.0 Å². The number of benzene rings is 1. The summed E-state index contributed by atoms with van der Waals surface area (Å²) in [5, 5.41) is 2.89. The Balaban J connectivity index is 2.89. The first-order valence-corrected chi connectivity index (χ1v) is 10.4. The molecule has 0 aliphatic carbocycles. The van der Waals surface area contributed by atoms with Gasteiger partial charge in [-0.1, -0.05) is 33.8 Å². The van der Waals surface area contributed by atoms with Crippen LogP contribution in [0, 0.1) is 0 Å². The molecule has 0 heterocycles. The van der Waals surface area contributed by atoms with Gasteiger partial charge in [-0.15, -0.1) is 0 Å². The van der Waals surface area contributed by atoms with Crippen molar-refractivity contribution in [3.8, 4) is 0 Å². The monoisotopic (exact) mass is 369 g/mol. The molecule has 0 fully saturated rings. The Kier molecular flexibility index (Phi) is 8.55. The van der Waals surface area contributed by atoms with Crippen molar-refractivity contribution in [2.24, 2.45) is 0 Å². The number of nitrogens with one attached hydrogen (secondary N) is 1. The maximum atomic E-state index is 12.6. The maximum absolute atomic E-state index is 12.6. The second-order valence-electron chi connectivity index (χ2n) is 5.90. The molecular formula is C18H31N3O3S. The molecule has 1 N–H and O–H groups in total. The van der Waals surface area contributed by atoms with E-state index in [4.69, 9.17) is 0 Å². The van der Waals surface area contributed by atoms with Gasteiger partial charge in [-0.25, -0.2) is 8.42 Å². The van der Waals surface area contributed by atoms with E-state index in [-0.39, 0.29) is 16.8 Å². The summed E-state index contributed by atoms with van der Waals surface area (Å²) in [5.74, 6) is -0.254. The molecule has 1 aromatic rings. The molecule has 0 aliphatic rings. The first kappa shape index (κ1) is 21.6. The molecule has 6 nitrogen and oxygen atoms in total. The lowest BCUT2D eigenvalue weighted by Gasteiger charge is -2.26. The van der Waals surface area contributed by atoms with E-state index >= 15 is 0 Å². The first-order chi connectivity index (χ1) is 11.8. The molecule has 1 atom stereocenters. The highest BCUT2D eigenvalue weighted by atomic mass is 32.2. The van der Waals surface area contributed by atoms with Crippen molar-refractivity contribution >= 4 is 15.9 Å². The van der Waals surface area contributed by atoms with Gasteiger partial charge >= 0.3 is 0 Å². The highest BCUT2D eigenvalue weighted by molar-refractivity contribution is 7.89. The van der Waals surface area contributed by atoms with Gasteiger partial charge in [0.25, 0.3) is 5.91 Å². The average molecular weight is 370 g/mol. The first-order valence-electron chi connectivity index (χ1n) is 8.94. The van der Waals surface area contributed by atoms with Crippen molar-refractivity contribution in [3.05, 3.63) is 29.8 Å². The summed E-state index contributed by atoms with van der Waals surface area (Å²) >= 11 is 0. The zero-order valence-electron chi connectivity index (χ0n) is 15.9. The minimum Gasteiger partial charge on any atom is -0.350 e. The Hall–Kier alpha value is -1.44. The van der Waals surface area contributed by atoms with E-state index in [0.717, 1.165) is 13.1 Å². The fraction of sp³-hybridized carbons (Fsp3) is 0.611. The summed E-state index contributed by atoms with van der Waals surface area (Å²) in [6.45, 7) is 13.0. The number of hydrogen-bond donors (Lipinski definition) is 1. The molecule has 0 radical (unpaired) electrons. The summed E-state index contributed by atoms with van der Waals surface area (Å²) in [6, 6.07) is 6.45. The lowest BCUT2D eigenvalue weighted by molar-refractivity contribution is 0.0937. The largest absolute Gasteiger partial charge is 0.350 e. The molecule has 1 amide bonds. The van der Waals surface area contributed by atoms with Crippen molar-refractivity contribution < 1.29 is 13.2 Å². The van der Waals surface area contributed by atoms with E-state index in [1.807, 2.05) is 0 Å². The lowest BCUT2D eigenvalue weighted by atomic mass is 10.2. The Morgan fingerprint density at radius 1 is 1.08 bits per heavy atom. The zero-order valence-corrected chi connectivity index (χ0v) is 16.8. The number of amides is 1. The van der Waals surface area contributed by atoms with Crippen LogP contribution < -0.4 is 5.32 Å². The number of carbonyl (C=O) groups is 1. The molecule has 1 aromatic carbocycles. The van der Waals surface area contributed by atoms with E-state index in [9.17, 15) is 13.2 Å². The van der Waals surface area contributed by atoms with Crippen molar-refractivity contribution in [3.63, 3.8) is 0 Å². The van der Waals surface area contributed by atoms with Crippen LogP contribution in [0.1, 0.15) is 45.0 Å². The third kappa shape index (κ3) is 5.52. The predicted octanol–water partition coefficient (Wildman–Crippen LogP) is 2.18. The van der Waals surface area contributed by atoms with Gasteiger partial charge in [0.05, 0.1) is 4.90 Å². The van der Waals surface area contributed by atoms with Crippen molar-refractivity contribution in [2.45, 2.75) is 45.6 Å². The van der Waals surface area contributed by atoms with Crippen LogP contribution in [-0.4, -0.2) is 62.3 Å². The lowest BCUT2D eigenvalue weighted by Crippen LogP contribution is -2.42. The van der Waals surface area contributed by atoms with Crippen LogP contribution in [0.25, 0.3) is 0 Å². The Bertz CT molecular complexity index is 653. The van der Waals surface area contributed by atoms with Crippen molar-refractivity contribution in [1.29, 1.82) is 0 Å². The summed E-state index contributed by atoms with van der Waals surface area (Å²) in [7, 11) is -3.56. The van der Waals surface area contributed by atoms with Gasteiger partial charge in [-0.05, 0) is 38.2 Å². The number of rotatable bonds is 10. The van der Waals surface area contributed by atoms with Crippen LogP contribution >= 0.6 is 0 Å². The molecule has 25 heavy (non-hydrogen) atoms. The van der Waals surface area contributed by atoms with E-state index in [0.29, 0.717) is 25.2 Å². The zero-order chi connectivity index (χ0) is 19.0. The topological polar surface area (TPSA) is 69.7 Å². The van der Waals surface area contributed by atoms with Crippen molar-refractivity contribution in [1.82, 2.24) is 14.5 Å². The molecule has 142 valence electrons. The highest BCUT2D eigenvalue weighted by Crippen LogP contribution is 2.17. The van der Waals surface area contributed by atoms with E-state index in [1.165, 1.54) is 16.4 Å². The van der Waals surface area contributed by atoms with Crippen LogP contribution in [-0.2, 0) is 10.0 Å². The quantitative estimate of drug-likeness (QED) is 0.686. The fourth-order valence-electron chi connectivity index (χ4n) is 2.83. The van der Waals surface area contributed by atoms with Gasteiger partial charge in [0.1, 0.15) is 0 Å². The second-order valence-corrected chi connectivity index (χ2v) is 7.84. The van der Waals surface area contributed by atoms with E-state index < -0.39 is 10.0 Å². The third-order valence-electron chi connectivity index (χ3n) is 4.43. The summed E-state index contributed by atoms with van der Waals surface area (Å²) < 4.78 is 26.6. The van der Waals surface area contributed by atoms with Crippen molar-refractivity contribution in [2.75, 3.05) is 32.7 Å². The molecule has 0 saturated heterocycles. The predicted molar refractivity (Wildman–Crippen MR) is 101 cm³/mol. The minimum atomic E-state index is -3.56. The number of sulfonamides is 1. The highest BCUT2D eigenvalue weighted by Gasteiger charge is 2.22. The van der Waals surface area contributed by atoms with Gasteiger partial charge in [-0.3, -0.25) is 9.69 Å². The standard InChI is InChI=1S/C18H31N3O3S/c1-6-20(7-2)15(5)14-19-18(22)16-11-10-12-17(13-16)25(23,24)21(8-3)9-4/h10-13,15H,6-9,14H2,1-5H3,(H,19,22). The molecule has 1 rings (SSSR count). The number of carbonyl (C=O) groups excluding carboxylic acids is 1. The SMILES string of the molecule is CCN(CC)C(C)CNC(=O)c1cccc(S(=O)(=O)N(CC)CC)c1. The maximum Gasteiger partial charge on any atom is 0.251 e. The molecule has 0 aliphatic heterocycles. The van der Waals surface area contributed by atoms with Gasteiger partial charge in [0, 0.05) is 31.2 Å². The summed E-state index contributed by atoms with van der Waals surface area (Å²) in [5.41, 5.74) is 0.361. The van der Waals surface area contributed by atoms with Gasteiger partial charge in [-0.2, -0.15) is 4.31 Å². The Morgan fingerprint density at radius 3 is 2.20 bits per heavy atom. The number of likely N-dealkylation sites (N-methyl/N-ethyl adjacent to an activating group) is 1. The molecule has 0 bridgehead atoms. The van der Waals surface area contributed by atoms with Gasteiger partial charge < -0.3 is 5.32 Å². The van der Waals surface area contributed by atoms with E-state index in [2.05, 4.69) is 31.0 Å². The molecule has 0 saturated carbocycles. The van der Waals surface area contributed by atoms with Crippen LogP contribution in [0.4, 0.5) is 0 Å². The van der Waals surface area contributed by atoms with Crippen LogP contribution in [0.15, 0.2) is 29.2 Å². The van der Waals surface area contributed by atoms with Crippen LogP contribution in [0.2, 0.25) is 0 Å².